The third-order valence-corrected chi connectivity index (χ3v) is 14.2. The largest absolute Gasteiger partial charge is 0.504 e. The number of likely N-dealkylation sites (tertiary alicyclic amines) is 2. The number of ether oxygens (including phenoxy) is 4. The van der Waals surface area contributed by atoms with Crippen molar-refractivity contribution in [2.24, 2.45) is 11.8 Å². The summed E-state index contributed by atoms with van der Waals surface area (Å²) < 4.78 is 24.4. The molecule has 2 aromatic carbocycles. The van der Waals surface area contributed by atoms with E-state index in [9.17, 15) is 5.11 Å². The first kappa shape index (κ1) is 30.0. The minimum absolute atomic E-state index is 0.0136. The summed E-state index contributed by atoms with van der Waals surface area (Å²) in [6.45, 7) is 6.97. The van der Waals surface area contributed by atoms with Gasteiger partial charge in [0.1, 0.15) is 17.3 Å². The van der Waals surface area contributed by atoms with Gasteiger partial charge in [0.25, 0.3) is 0 Å². The topological polar surface area (TPSA) is 63.6 Å². The first-order valence-corrected chi connectivity index (χ1v) is 19.2. The standard InChI is InChI=1S/C22H25NO2.C21H23NO3/c1-13-3-6-15-11-17-16-7-8-18(24-2)21-22(16,19(15)20(13)25-21)9-10-23(17)12-14-4-5-14;1-24-17-7-5-14-15-10-13-4-6-16(23)19-18(13)21(14,20(17)25-19)8-9-22(15)11-12-2-3-12/h3,6-8,14,17,21H,4-5,9-12H2,1-2H3;4-7,12,15,20,23H,2-3,8-11H2,1H3/t17-,21+,22+;15-,20+,21+/m11/s1. The van der Waals surface area contributed by atoms with Crippen molar-refractivity contribution in [3.8, 4) is 17.2 Å². The minimum Gasteiger partial charge on any atom is -0.504 e. The van der Waals surface area contributed by atoms with E-state index in [1.165, 1.54) is 78.7 Å². The summed E-state index contributed by atoms with van der Waals surface area (Å²) >= 11 is 0. The second-order valence-corrected chi connectivity index (χ2v) is 16.7. The maximum atomic E-state index is 10.4. The highest BCUT2D eigenvalue weighted by Crippen LogP contribution is 2.64. The molecule has 2 aromatic rings. The predicted molar refractivity (Wildman–Crippen MR) is 191 cm³/mol. The Morgan fingerprint density at radius 3 is 1.72 bits per heavy atom. The second-order valence-electron chi connectivity index (χ2n) is 16.7. The number of hydrogen-bond acceptors (Lipinski definition) is 7. The van der Waals surface area contributed by atoms with Crippen LogP contribution < -0.4 is 9.47 Å². The summed E-state index contributed by atoms with van der Waals surface area (Å²) in [6, 6.07) is 9.50. The van der Waals surface area contributed by atoms with E-state index in [1.54, 1.807) is 25.9 Å². The van der Waals surface area contributed by atoms with Crippen LogP contribution in [0.4, 0.5) is 0 Å². The lowest BCUT2D eigenvalue weighted by molar-refractivity contribution is 0.0625. The predicted octanol–water partition coefficient (Wildman–Crippen LogP) is 6.41. The van der Waals surface area contributed by atoms with E-state index in [4.69, 9.17) is 18.9 Å². The van der Waals surface area contributed by atoms with E-state index in [2.05, 4.69) is 59.2 Å². The molecule has 2 saturated heterocycles. The molecule has 0 unspecified atom stereocenters. The molecule has 50 heavy (non-hydrogen) atoms. The van der Waals surface area contributed by atoms with Crippen LogP contribution in [0.2, 0.25) is 0 Å². The number of phenols is 1. The number of aromatic hydroxyl groups is 1. The lowest BCUT2D eigenvalue weighted by Gasteiger charge is -2.53. The molecule has 4 bridgehead atoms. The van der Waals surface area contributed by atoms with Gasteiger partial charge in [0.2, 0.25) is 0 Å². The lowest BCUT2D eigenvalue weighted by atomic mass is 9.57. The van der Waals surface area contributed by atoms with Gasteiger partial charge >= 0.3 is 0 Å². The van der Waals surface area contributed by atoms with Crippen molar-refractivity contribution in [1.82, 2.24) is 9.80 Å². The van der Waals surface area contributed by atoms with Gasteiger partial charge in [0.05, 0.1) is 25.0 Å². The average molecular weight is 673 g/mol. The molecule has 2 saturated carbocycles. The Balaban J connectivity index is 0.000000120. The fraction of sp³-hybridized carbons (Fsp3) is 0.535. The van der Waals surface area contributed by atoms with Gasteiger partial charge in [0, 0.05) is 49.4 Å². The van der Waals surface area contributed by atoms with E-state index in [0.717, 1.165) is 61.3 Å². The third-order valence-electron chi connectivity index (χ3n) is 14.2. The smallest absolute Gasteiger partial charge is 0.169 e. The number of rotatable bonds is 6. The van der Waals surface area contributed by atoms with Crippen LogP contribution in [0.15, 0.2) is 71.2 Å². The number of benzene rings is 2. The van der Waals surface area contributed by atoms with Crippen molar-refractivity contribution in [2.75, 3.05) is 40.4 Å². The lowest BCUT2D eigenvalue weighted by Crippen LogP contribution is -2.59. The Labute approximate surface area is 295 Å². The molecule has 12 rings (SSSR count). The summed E-state index contributed by atoms with van der Waals surface area (Å²) in [7, 11) is 3.50. The number of aryl methyl sites for hydroxylation is 1. The van der Waals surface area contributed by atoms with Gasteiger partial charge < -0.3 is 24.1 Å². The quantitative estimate of drug-likeness (QED) is 0.381. The molecule has 7 nitrogen and oxygen atoms in total. The first-order valence-electron chi connectivity index (χ1n) is 19.2. The van der Waals surface area contributed by atoms with E-state index in [0.29, 0.717) is 17.8 Å². The molecule has 2 spiro atoms. The maximum absolute atomic E-state index is 10.4. The molecule has 4 aliphatic heterocycles. The molecule has 7 heteroatoms. The fourth-order valence-corrected chi connectivity index (χ4v) is 11.5. The molecular formula is C43H48N2O5. The average Bonchev–Trinajstić information content (AvgIpc) is 4.06. The van der Waals surface area contributed by atoms with Crippen LogP contribution in [0.1, 0.15) is 66.3 Å². The highest BCUT2D eigenvalue weighted by molar-refractivity contribution is 5.68. The van der Waals surface area contributed by atoms with Crippen LogP contribution in [-0.2, 0) is 33.1 Å². The number of nitrogens with zero attached hydrogens (tertiary/aromatic N) is 2. The zero-order valence-corrected chi connectivity index (χ0v) is 29.5. The molecule has 1 N–H and O–H groups in total. The number of methoxy groups -OCH3 is 2. The Kier molecular flexibility index (Phi) is 6.27. The highest BCUT2D eigenvalue weighted by Gasteiger charge is 2.64. The van der Waals surface area contributed by atoms with E-state index >= 15 is 0 Å². The molecule has 0 radical (unpaired) electrons. The van der Waals surface area contributed by atoms with Crippen LogP contribution in [0.5, 0.6) is 17.2 Å². The zero-order valence-electron chi connectivity index (χ0n) is 29.5. The third kappa shape index (κ3) is 3.88. The molecule has 0 aromatic heterocycles. The summed E-state index contributed by atoms with van der Waals surface area (Å²) in [6.07, 6.45) is 18.8. The van der Waals surface area contributed by atoms with Crippen molar-refractivity contribution in [3.63, 3.8) is 0 Å². The Hall–Kier alpha value is -3.68. The monoisotopic (exact) mass is 672 g/mol. The summed E-state index contributed by atoms with van der Waals surface area (Å²) in [5.41, 5.74) is 9.74. The Bertz CT molecular complexity index is 1810. The van der Waals surface area contributed by atoms with Crippen LogP contribution in [0.3, 0.4) is 0 Å². The maximum Gasteiger partial charge on any atom is 0.169 e. The number of phenolic OH excluding ortho intramolecular Hbond substituents is 1. The van der Waals surface area contributed by atoms with Gasteiger partial charge in [-0.15, -0.1) is 0 Å². The van der Waals surface area contributed by atoms with E-state index in [-0.39, 0.29) is 28.8 Å². The Morgan fingerprint density at radius 1 is 0.700 bits per heavy atom. The molecule has 6 aliphatic carbocycles. The zero-order chi connectivity index (χ0) is 33.5. The van der Waals surface area contributed by atoms with Crippen molar-refractivity contribution in [1.29, 1.82) is 0 Å². The molecule has 260 valence electrons. The Morgan fingerprint density at radius 2 is 1.20 bits per heavy atom. The molecule has 4 fully saturated rings. The van der Waals surface area contributed by atoms with E-state index in [1.807, 2.05) is 0 Å². The fourth-order valence-electron chi connectivity index (χ4n) is 11.5. The van der Waals surface area contributed by atoms with Crippen molar-refractivity contribution >= 4 is 0 Å². The number of piperidine rings is 2. The van der Waals surface area contributed by atoms with Crippen LogP contribution >= 0.6 is 0 Å². The van der Waals surface area contributed by atoms with Crippen molar-refractivity contribution in [2.45, 2.75) is 93.4 Å². The molecule has 4 heterocycles. The first-order chi connectivity index (χ1) is 24.4. The molecular weight excluding hydrogens is 624 g/mol. The summed E-state index contributed by atoms with van der Waals surface area (Å²) in [5, 5.41) is 10.4. The molecule has 10 aliphatic rings. The SMILES string of the molecule is COC1=CC=C2[C@H]3Cc4ccc(C)c5c4[C@@]2(CCN3CC2CC2)[C@H]1O5.COC1=CC=C2[C@H]3Cc4ccc(O)c5c4[C@@]2(CCN3CC2CC2)[C@H]1O5. The summed E-state index contributed by atoms with van der Waals surface area (Å²) in [5.74, 6) is 5.78. The van der Waals surface area contributed by atoms with Gasteiger partial charge in [0.15, 0.2) is 23.7 Å². The second kappa shape index (κ2) is 10.4. The van der Waals surface area contributed by atoms with Gasteiger partial charge in [-0.25, -0.2) is 0 Å². The van der Waals surface area contributed by atoms with Gasteiger partial charge in [-0.1, -0.05) is 30.4 Å². The van der Waals surface area contributed by atoms with Crippen LogP contribution in [0, 0.1) is 18.8 Å². The minimum atomic E-state index is -0.146. The van der Waals surface area contributed by atoms with Crippen LogP contribution in [-0.4, -0.2) is 79.6 Å². The van der Waals surface area contributed by atoms with E-state index < -0.39 is 0 Å². The summed E-state index contributed by atoms with van der Waals surface area (Å²) in [4.78, 5) is 5.46. The molecule has 0 amide bonds. The van der Waals surface area contributed by atoms with Crippen LogP contribution in [0.25, 0.3) is 0 Å². The van der Waals surface area contributed by atoms with Crippen molar-refractivity contribution < 1.29 is 24.1 Å². The highest BCUT2D eigenvalue weighted by atomic mass is 16.5. The number of allylic oxidation sites excluding steroid dienone is 4. The van der Waals surface area contributed by atoms with Crippen molar-refractivity contribution in [3.05, 3.63) is 99.1 Å². The molecule has 6 atom stereocenters. The normalized spacial score (nSPS) is 34.8. The van der Waals surface area contributed by atoms with Gasteiger partial charge in [-0.3, -0.25) is 9.80 Å². The van der Waals surface area contributed by atoms with Gasteiger partial charge in [-0.2, -0.15) is 0 Å². The van der Waals surface area contributed by atoms with Gasteiger partial charge in [-0.05, 0) is 116 Å². The number of hydrogen-bond donors (Lipinski definition) is 1.